The Hall–Kier alpha value is -3.70. The molecule has 6 rings (SSSR count). The van der Waals surface area contributed by atoms with Crippen molar-refractivity contribution in [1.29, 1.82) is 0 Å². The van der Waals surface area contributed by atoms with Crippen LogP contribution in [0.1, 0.15) is 11.9 Å². The number of aryl methyl sites for hydroxylation is 1. The number of hydrogen-bond donors (Lipinski definition) is 1. The van der Waals surface area contributed by atoms with Crippen molar-refractivity contribution in [3.8, 4) is 22.8 Å². The van der Waals surface area contributed by atoms with Gasteiger partial charge in [0, 0.05) is 30.9 Å². The zero-order valence-electron chi connectivity index (χ0n) is 18.2. The summed E-state index contributed by atoms with van der Waals surface area (Å²) in [6.45, 7) is 1.61. The number of hydrogen-bond acceptors (Lipinski definition) is 6. The summed E-state index contributed by atoms with van der Waals surface area (Å²) in [7, 11) is 0. The summed E-state index contributed by atoms with van der Waals surface area (Å²) in [5, 5.41) is 4.52. The Balaban J connectivity index is 1.27. The number of benzene rings is 2. The van der Waals surface area contributed by atoms with Gasteiger partial charge in [0.05, 0.1) is 40.7 Å². The van der Waals surface area contributed by atoms with Gasteiger partial charge in [0.15, 0.2) is 0 Å². The third-order valence-corrected chi connectivity index (χ3v) is 6.27. The van der Waals surface area contributed by atoms with Gasteiger partial charge in [-0.05, 0) is 31.2 Å². The van der Waals surface area contributed by atoms with Crippen LogP contribution in [0.2, 0.25) is 5.02 Å². The minimum absolute atomic E-state index is 0.134. The van der Waals surface area contributed by atoms with Crippen LogP contribution in [0.5, 0.6) is 11.5 Å². The molecule has 35 heavy (non-hydrogen) atoms. The normalized spacial score (nSPS) is 15.1. The maximum Gasteiger partial charge on any atom is 0.460 e. The maximum absolute atomic E-state index is 12.7. The summed E-state index contributed by atoms with van der Waals surface area (Å²) in [5.74, 6) is 1.81. The van der Waals surface area contributed by atoms with Crippen LogP contribution in [0.3, 0.4) is 0 Å². The summed E-state index contributed by atoms with van der Waals surface area (Å²) in [6.07, 6.45) is 0.486. The Kier molecular flexibility index (Phi) is 4.94. The highest BCUT2D eigenvalue weighted by Crippen LogP contribution is 2.36. The summed E-state index contributed by atoms with van der Waals surface area (Å²) in [5.41, 5.74) is 3.85. The molecule has 0 spiro atoms. The predicted octanol–water partition coefficient (Wildman–Crippen LogP) is 5.50. The van der Waals surface area contributed by atoms with Crippen molar-refractivity contribution >= 4 is 33.7 Å². The molecule has 1 aliphatic rings. The van der Waals surface area contributed by atoms with E-state index in [1.165, 1.54) is 4.68 Å². The number of nitrogens with one attached hydrogen (secondary N) is 1. The first-order valence-electron chi connectivity index (χ1n) is 10.7. The van der Waals surface area contributed by atoms with E-state index < -0.39 is 6.30 Å². The van der Waals surface area contributed by atoms with Crippen LogP contribution >= 0.6 is 11.6 Å². The van der Waals surface area contributed by atoms with E-state index in [-0.39, 0.29) is 19.1 Å². The first-order valence-corrected chi connectivity index (χ1v) is 11.1. The van der Waals surface area contributed by atoms with Crippen molar-refractivity contribution in [2.45, 2.75) is 19.3 Å². The van der Waals surface area contributed by atoms with Gasteiger partial charge in [-0.15, -0.1) is 0 Å². The van der Waals surface area contributed by atoms with Crippen molar-refractivity contribution in [1.82, 2.24) is 34.6 Å². The Labute approximate surface area is 201 Å². The first kappa shape index (κ1) is 21.8. The molecule has 3 aromatic heterocycles. The monoisotopic (exact) mass is 499 g/mol. The number of likely N-dealkylation sites (tertiary alicyclic amines) is 1. The molecule has 0 aliphatic carbocycles. The Morgan fingerprint density at radius 2 is 1.89 bits per heavy atom. The molecule has 1 saturated heterocycles. The number of fused-ring (bicyclic) bond motifs is 2. The third kappa shape index (κ3) is 3.96. The second kappa shape index (κ2) is 7.92. The van der Waals surface area contributed by atoms with Gasteiger partial charge < -0.3 is 9.72 Å². The Bertz CT molecular complexity index is 1570. The van der Waals surface area contributed by atoms with Gasteiger partial charge in [-0.1, -0.05) is 11.6 Å². The van der Waals surface area contributed by atoms with Crippen molar-refractivity contribution in [3.05, 3.63) is 59.8 Å². The average molecular weight is 500 g/mol. The lowest BCUT2D eigenvalue weighted by Gasteiger charge is -2.39. The number of nitrogens with zero attached hydrogens (tertiary/aromatic N) is 6. The molecular formula is C23H17ClF3N7O. The van der Waals surface area contributed by atoms with Gasteiger partial charge in [-0.25, -0.2) is 14.9 Å². The van der Waals surface area contributed by atoms with Crippen LogP contribution in [0.25, 0.3) is 33.3 Å². The predicted molar refractivity (Wildman–Crippen MR) is 123 cm³/mol. The van der Waals surface area contributed by atoms with E-state index in [4.69, 9.17) is 16.3 Å². The average Bonchev–Trinajstić information content (AvgIpc) is 3.39. The molecule has 0 atom stereocenters. The molecule has 0 radical (unpaired) electrons. The zero-order chi connectivity index (χ0) is 24.3. The molecule has 8 nitrogen and oxygen atoms in total. The van der Waals surface area contributed by atoms with Crippen LogP contribution in [-0.4, -0.2) is 54.0 Å². The molecule has 1 N–H and O–H groups in total. The highest BCUT2D eigenvalue weighted by molar-refractivity contribution is 6.36. The lowest BCUT2D eigenvalue weighted by atomic mass is 10.1. The number of ether oxygens (including phenoxy) is 1. The molecule has 1 aliphatic heterocycles. The first-order chi connectivity index (χ1) is 16.7. The highest BCUT2D eigenvalue weighted by Gasteiger charge is 2.46. The highest BCUT2D eigenvalue weighted by atomic mass is 35.5. The lowest BCUT2D eigenvalue weighted by Crippen LogP contribution is -2.54. The zero-order valence-corrected chi connectivity index (χ0v) is 19.0. The third-order valence-electron chi connectivity index (χ3n) is 5.91. The number of imidazole rings is 1. The topological polar surface area (TPSA) is 84.8 Å². The second-order valence-electron chi connectivity index (χ2n) is 8.34. The maximum atomic E-state index is 12.7. The minimum Gasteiger partial charge on any atom is -0.456 e. The van der Waals surface area contributed by atoms with Gasteiger partial charge in [0.2, 0.25) is 0 Å². The second-order valence-corrected chi connectivity index (χ2v) is 8.72. The molecule has 4 heterocycles. The van der Waals surface area contributed by atoms with E-state index in [2.05, 4.69) is 25.0 Å². The largest absolute Gasteiger partial charge is 0.460 e. The molecule has 0 amide bonds. The van der Waals surface area contributed by atoms with Crippen LogP contribution in [0.15, 0.2) is 48.9 Å². The molecule has 2 aromatic carbocycles. The minimum atomic E-state index is -4.32. The Morgan fingerprint density at radius 3 is 2.69 bits per heavy atom. The number of rotatable bonds is 4. The Morgan fingerprint density at radius 1 is 1.09 bits per heavy atom. The van der Waals surface area contributed by atoms with Crippen molar-refractivity contribution in [2.24, 2.45) is 0 Å². The van der Waals surface area contributed by atoms with Crippen LogP contribution in [0.4, 0.5) is 13.2 Å². The van der Waals surface area contributed by atoms with Crippen molar-refractivity contribution < 1.29 is 17.9 Å². The van der Waals surface area contributed by atoms with Crippen molar-refractivity contribution in [3.63, 3.8) is 0 Å². The molecule has 1 fully saturated rings. The van der Waals surface area contributed by atoms with Crippen LogP contribution < -0.4 is 4.74 Å². The van der Waals surface area contributed by atoms with Gasteiger partial charge >= 0.3 is 6.30 Å². The number of halogens is 4. The van der Waals surface area contributed by atoms with E-state index in [0.29, 0.717) is 43.7 Å². The molecule has 5 aromatic rings. The number of alkyl halides is 3. The smallest absolute Gasteiger partial charge is 0.456 e. The van der Waals surface area contributed by atoms with Gasteiger partial charge in [-0.3, -0.25) is 9.67 Å². The lowest BCUT2D eigenvalue weighted by molar-refractivity contribution is -0.273. The molecule has 0 unspecified atom stereocenters. The number of aromatic amines is 1. The number of H-pyrrole nitrogens is 1. The molecule has 12 heteroatoms. The fourth-order valence-electron chi connectivity index (χ4n) is 4.05. The van der Waals surface area contributed by atoms with E-state index >= 15 is 0 Å². The summed E-state index contributed by atoms with van der Waals surface area (Å²) in [4.78, 5) is 17.1. The summed E-state index contributed by atoms with van der Waals surface area (Å²) < 4.78 is 45.8. The van der Waals surface area contributed by atoms with Gasteiger partial charge in [-0.2, -0.15) is 18.3 Å². The van der Waals surface area contributed by atoms with Crippen LogP contribution in [0, 0.1) is 6.92 Å². The fraction of sp³-hybridized carbons (Fsp3) is 0.217. The summed E-state index contributed by atoms with van der Waals surface area (Å²) >= 11 is 6.64. The molecule has 178 valence electrons. The van der Waals surface area contributed by atoms with E-state index in [9.17, 15) is 13.2 Å². The van der Waals surface area contributed by atoms with Crippen LogP contribution in [-0.2, 0) is 0 Å². The SMILES string of the molecule is Cc1nc2ccc(Oc3ccc4ncc(-c5cnn(C6CN(C(F)(F)F)C6)c5)nc4c3Cl)cc2[nH]1. The van der Waals surface area contributed by atoms with E-state index in [1.54, 1.807) is 36.8 Å². The van der Waals surface area contributed by atoms with Gasteiger partial charge in [0.25, 0.3) is 0 Å². The summed E-state index contributed by atoms with van der Waals surface area (Å²) in [6, 6.07) is 8.64. The quantitative estimate of drug-likeness (QED) is 0.329. The van der Waals surface area contributed by atoms with E-state index in [1.807, 2.05) is 19.1 Å². The molecule has 0 bridgehead atoms. The molecular weight excluding hydrogens is 483 g/mol. The fourth-order valence-corrected chi connectivity index (χ4v) is 4.29. The number of aromatic nitrogens is 6. The van der Waals surface area contributed by atoms with E-state index in [0.717, 1.165) is 16.9 Å². The molecule has 0 saturated carbocycles. The van der Waals surface area contributed by atoms with Crippen molar-refractivity contribution in [2.75, 3.05) is 13.1 Å². The standard InChI is InChI=1S/C23H17ClF3N7O/c1-12-30-16-3-2-15(6-18(16)31-12)35-20-5-4-17-22(21(20)24)32-19(8-28-17)13-7-29-34(9-13)14-10-33(11-14)23(25,26)27/h2-9,14H,10-11H2,1H3,(H,30,31). The van der Waals surface area contributed by atoms with Gasteiger partial charge in [0.1, 0.15) is 27.9 Å².